The molecular weight excluding hydrogens is 374 g/mol. The number of hydrogen-bond acceptors (Lipinski definition) is 4. The largest absolute Gasteiger partial charge is 0.449 e. The van der Waals surface area contributed by atoms with Crippen LogP contribution >= 0.6 is 0 Å². The zero-order chi connectivity index (χ0) is 20.8. The van der Waals surface area contributed by atoms with Gasteiger partial charge >= 0.3 is 6.09 Å². The molecule has 148 valence electrons. The standard InChI is InChI=1S/C25H21N3O2/c26-15-19-13-12-18(16-28-19)7-5-6-14-27-25(29)30-17-24-22-10-3-1-8-20(22)21-9-2-4-11-23(21)24/h1-5,7-13,16,24H,6,14,17H2,(H,27,29). The molecule has 0 fully saturated rings. The molecule has 1 amide bonds. The van der Waals surface area contributed by atoms with Crippen molar-refractivity contribution in [3.05, 3.63) is 95.3 Å². The van der Waals surface area contributed by atoms with E-state index in [0.29, 0.717) is 25.3 Å². The molecule has 0 atom stereocenters. The number of carbonyl (C=O) groups is 1. The third kappa shape index (κ3) is 4.23. The first kappa shape index (κ1) is 19.4. The van der Waals surface area contributed by atoms with Crippen LogP contribution in [0.4, 0.5) is 4.79 Å². The van der Waals surface area contributed by atoms with Gasteiger partial charge in [0, 0.05) is 18.7 Å². The summed E-state index contributed by atoms with van der Waals surface area (Å²) in [7, 11) is 0. The van der Waals surface area contributed by atoms with E-state index in [4.69, 9.17) is 10.00 Å². The van der Waals surface area contributed by atoms with Crippen molar-refractivity contribution >= 4 is 12.2 Å². The van der Waals surface area contributed by atoms with Crippen LogP contribution in [-0.2, 0) is 4.74 Å². The van der Waals surface area contributed by atoms with Crippen molar-refractivity contribution < 1.29 is 9.53 Å². The predicted octanol–water partition coefficient (Wildman–Crippen LogP) is 4.90. The van der Waals surface area contributed by atoms with Gasteiger partial charge in [-0.2, -0.15) is 5.26 Å². The van der Waals surface area contributed by atoms with Crippen LogP contribution in [0.3, 0.4) is 0 Å². The number of alkyl carbamates (subject to hydrolysis) is 1. The summed E-state index contributed by atoms with van der Waals surface area (Å²) < 4.78 is 5.52. The van der Waals surface area contributed by atoms with Crippen LogP contribution in [0.15, 0.2) is 72.9 Å². The summed E-state index contributed by atoms with van der Waals surface area (Å²) in [5.41, 5.74) is 6.13. The number of carbonyl (C=O) groups excluding carboxylic acids is 1. The average molecular weight is 395 g/mol. The summed E-state index contributed by atoms with van der Waals surface area (Å²) in [6.45, 7) is 0.795. The van der Waals surface area contributed by atoms with Gasteiger partial charge in [0.05, 0.1) is 0 Å². The highest BCUT2D eigenvalue weighted by Crippen LogP contribution is 2.44. The molecule has 5 nitrogen and oxygen atoms in total. The summed E-state index contributed by atoms with van der Waals surface area (Å²) in [5, 5.41) is 11.5. The first-order valence-electron chi connectivity index (χ1n) is 9.88. The number of rotatable bonds is 6. The zero-order valence-electron chi connectivity index (χ0n) is 16.4. The van der Waals surface area contributed by atoms with Gasteiger partial charge in [-0.15, -0.1) is 0 Å². The molecule has 1 heterocycles. The number of nitrogens with zero attached hydrogens (tertiary/aromatic N) is 2. The molecule has 0 saturated heterocycles. The Labute approximate surface area is 175 Å². The van der Waals surface area contributed by atoms with Crippen molar-refractivity contribution in [3.63, 3.8) is 0 Å². The molecule has 0 aliphatic heterocycles. The van der Waals surface area contributed by atoms with Crippen LogP contribution < -0.4 is 5.32 Å². The van der Waals surface area contributed by atoms with Gasteiger partial charge in [-0.1, -0.05) is 66.7 Å². The zero-order valence-corrected chi connectivity index (χ0v) is 16.4. The molecule has 0 saturated carbocycles. The lowest BCUT2D eigenvalue weighted by Gasteiger charge is -2.14. The van der Waals surface area contributed by atoms with E-state index >= 15 is 0 Å². The maximum Gasteiger partial charge on any atom is 0.407 e. The minimum absolute atomic E-state index is 0.0620. The lowest BCUT2D eigenvalue weighted by Crippen LogP contribution is -2.26. The third-order valence-electron chi connectivity index (χ3n) is 5.14. The van der Waals surface area contributed by atoms with Crippen LogP contribution in [0.2, 0.25) is 0 Å². The summed E-state index contributed by atoms with van der Waals surface area (Å²) in [5.74, 6) is 0.0620. The molecule has 4 rings (SSSR count). The molecule has 1 aliphatic rings. The van der Waals surface area contributed by atoms with Gasteiger partial charge in [-0.05, 0) is 40.3 Å². The fourth-order valence-corrected chi connectivity index (χ4v) is 3.70. The van der Waals surface area contributed by atoms with Crippen LogP contribution in [0, 0.1) is 11.3 Å². The van der Waals surface area contributed by atoms with E-state index in [0.717, 1.165) is 5.56 Å². The van der Waals surface area contributed by atoms with Gasteiger partial charge in [0.25, 0.3) is 0 Å². The lowest BCUT2D eigenvalue weighted by atomic mass is 9.98. The topological polar surface area (TPSA) is 75.0 Å². The van der Waals surface area contributed by atoms with Gasteiger partial charge in [0.15, 0.2) is 0 Å². The summed E-state index contributed by atoms with van der Waals surface area (Å²) in [6, 6.07) is 22.0. The minimum Gasteiger partial charge on any atom is -0.449 e. The number of aromatic nitrogens is 1. The van der Waals surface area contributed by atoms with Crippen molar-refractivity contribution in [2.75, 3.05) is 13.2 Å². The van der Waals surface area contributed by atoms with E-state index < -0.39 is 6.09 Å². The summed E-state index contributed by atoms with van der Waals surface area (Å²) >= 11 is 0. The van der Waals surface area contributed by atoms with Crippen molar-refractivity contribution in [1.82, 2.24) is 10.3 Å². The SMILES string of the molecule is N#Cc1ccc(C=CCCNC(=O)OCC2c3ccccc3-c3ccccc32)cn1. The van der Waals surface area contributed by atoms with E-state index in [2.05, 4.69) is 34.6 Å². The fourth-order valence-electron chi connectivity index (χ4n) is 3.70. The molecule has 0 unspecified atom stereocenters. The monoisotopic (exact) mass is 395 g/mol. The van der Waals surface area contributed by atoms with Gasteiger partial charge < -0.3 is 10.1 Å². The number of pyridine rings is 1. The van der Waals surface area contributed by atoms with E-state index in [-0.39, 0.29) is 5.92 Å². The highest BCUT2D eigenvalue weighted by Gasteiger charge is 2.28. The maximum absolute atomic E-state index is 12.1. The third-order valence-corrected chi connectivity index (χ3v) is 5.14. The van der Waals surface area contributed by atoms with E-state index in [9.17, 15) is 4.79 Å². The normalized spacial score (nSPS) is 12.2. The summed E-state index contributed by atoms with van der Waals surface area (Å²) in [6.07, 6.45) is 5.77. The van der Waals surface area contributed by atoms with Crippen molar-refractivity contribution in [2.45, 2.75) is 12.3 Å². The average Bonchev–Trinajstić information content (AvgIpc) is 3.12. The van der Waals surface area contributed by atoms with Crippen molar-refractivity contribution in [1.29, 1.82) is 5.26 Å². The molecule has 5 heteroatoms. The van der Waals surface area contributed by atoms with Crippen molar-refractivity contribution in [3.8, 4) is 17.2 Å². The number of ether oxygens (including phenoxy) is 1. The van der Waals surface area contributed by atoms with Gasteiger partial charge in [0.2, 0.25) is 0 Å². The number of nitriles is 1. The second-order valence-corrected chi connectivity index (χ2v) is 7.03. The molecule has 0 bridgehead atoms. The molecule has 0 spiro atoms. The molecule has 30 heavy (non-hydrogen) atoms. The smallest absolute Gasteiger partial charge is 0.407 e. The van der Waals surface area contributed by atoms with Crippen LogP contribution in [0.1, 0.15) is 34.7 Å². The van der Waals surface area contributed by atoms with E-state index in [1.807, 2.05) is 48.6 Å². The second kappa shape index (κ2) is 9.06. The number of fused-ring (bicyclic) bond motifs is 3. The Kier molecular flexibility index (Phi) is 5.86. The Balaban J connectivity index is 1.26. The molecular formula is C25H21N3O2. The number of amides is 1. The Morgan fingerprint density at radius 1 is 1.07 bits per heavy atom. The van der Waals surface area contributed by atoms with Crippen LogP contribution in [0.25, 0.3) is 17.2 Å². The van der Waals surface area contributed by atoms with Crippen LogP contribution in [-0.4, -0.2) is 24.2 Å². The van der Waals surface area contributed by atoms with Gasteiger partial charge in [0.1, 0.15) is 18.4 Å². The van der Waals surface area contributed by atoms with Gasteiger partial charge in [-0.3, -0.25) is 0 Å². The minimum atomic E-state index is -0.412. The fraction of sp³-hybridized carbons (Fsp3) is 0.160. The quantitative estimate of drug-likeness (QED) is 0.603. The van der Waals surface area contributed by atoms with E-state index in [1.165, 1.54) is 22.3 Å². The predicted molar refractivity (Wildman–Crippen MR) is 116 cm³/mol. The number of benzene rings is 2. The molecule has 2 aromatic carbocycles. The summed E-state index contributed by atoms with van der Waals surface area (Å²) in [4.78, 5) is 16.1. The highest BCUT2D eigenvalue weighted by molar-refractivity contribution is 5.79. The molecule has 3 aromatic rings. The van der Waals surface area contributed by atoms with E-state index in [1.54, 1.807) is 12.3 Å². The Bertz CT molecular complexity index is 1070. The first-order valence-corrected chi connectivity index (χ1v) is 9.88. The number of nitrogens with one attached hydrogen (secondary N) is 1. The maximum atomic E-state index is 12.1. The molecule has 1 aromatic heterocycles. The first-order chi connectivity index (χ1) is 14.8. The highest BCUT2D eigenvalue weighted by atomic mass is 16.5. The lowest BCUT2D eigenvalue weighted by molar-refractivity contribution is 0.143. The van der Waals surface area contributed by atoms with Crippen molar-refractivity contribution in [2.24, 2.45) is 0 Å². The second-order valence-electron chi connectivity index (χ2n) is 7.03. The molecule has 1 aliphatic carbocycles. The molecule has 1 N–H and O–H groups in total. The molecule has 0 radical (unpaired) electrons. The Hall–Kier alpha value is -3.91. The Morgan fingerprint density at radius 3 is 2.40 bits per heavy atom. The number of hydrogen-bond donors (Lipinski definition) is 1. The Morgan fingerprint density at radius 2 is 1.77 bits per heavy atom. The van der Waals surface area contributed by atoms with Crippen LogP contribution in [0.5, 0.6) is 0 Å². The van der Waals surface area contributed by atoms with Gasteiger partial charge in [-0.25, -0.2) is 9.78 Å².